The molecular formula is C60H39B2NOSi. The smallest absolute Gasteiger partial charge is 0.250 e. The summed E-state index contributed by atoms with van der Waals surface area (Å²) in [4.78, 5) is 0. The number of hydrogen-bond donors (Lipinski definition) is 0. The van der Waals surface area contributed by atoms with Gasteiger partial charge in [0.15, 0.2) is 8.07 Å². The minimum absolute atomic E-state index is 0.0106. The molecule has 1 spiro atoms. The van der Waals surface area contributed by atoms with E-state index in [-0.39, 0.29) is 13.4 Å². The summed E-state index contributed by atoms with van der Waals surface area (Å²) >= 11 is 0. The van der Waals surface area contributed by atoms with Gasteiger partial charge >= 0.3 is 0 Å². The number of para-hydroxylation sites is 4. The highest BCUT2D eigenvalue weighted by Crippen LogP contribution is 2.39. The standard InChI is InChI=1S/C60H39B2NOSi/c1-3-19-40(20-4-1)41-37-42(45-24-17-25-47-46-23-7-12-30-52(46)63(60(45)47)44-21-5-2-6-22-44)39-43(38-41)61-49-27-9-14-33-55(49)65(56-34-15-10-28-50(56)61)57-35-16-11-29-51(57)62-48-26-8-13-31-53(48)64-54-32-18-36-58(65)59(54)62/h1-39H. The monoisotopic (exact) mass is 839 g/mol. The number of fused-ring (bicyclic) bond motifs is 13. The average molecular weight is 840 g/mol. The van der Waals surface area contributed by atoms with Gasteiger partial charge < -0.3 is 9.30 Å². The number of benzene rings is 10. The summed E-state index contributed by atoms with van der Waals surface area (Å²) in [5.41, 5.74) is 16.4. The van der Waals surface area contributed by atoms with Gasteiger partial charge in [-0.05, 0) is 84.8 Å². The quantitative estimate of drug-likeness (QED) is 0.171. The van der Waals surface area contributed by atoms with Crippen LogP contribution in [-0.4, -0.2) is 26.1 Å². The van der Waals surface area contributed by atoms with Crippen molar-refractivity contribution >= 4 is 96.8 Å². The molecule has 300 valence electrons. The van der Waals surface area contributed by atoms with Crippen LogP contribution in [0.2, 0.25) is 0 Å². The Morgan fingerprint density at radius 3 is 1.65 bits per heavy atom. The third-order valence-corrected chi connectivity index (χ3v) is 19.7. The lowest BCUT2D eigenvalue weighted by Crippen LogP contribution is -2.93. The molecule has 4 heterocycles. The predicted octanol–water partition coefficient (Wildman–Crippen LogP) is 7.26. The lowest BCUT2D eigenvalue weighted by atomic mass is 9.35. The fourth-order valence-electron chi connectivity index (χ4n) is 12.2. The summed E-state index contributed by atoms with van der Waals surface area (Å²) in [6.07, 6.45) is 0. The van der Waals surface area contributed by atoms with Crippen molar-refractivity contribution in [3.05, 3.63) is 237 Å². The normalized spacial score (nSPS) is 13.7. The number of ether oxygens (including phenoxy) is 1. The van der Waals surface area contributed by atoms with E-state index in [9.17, 15) is 0 Å². The van der Waals surface area contributed by atoms with Gasteiger partial charge in [-0.25, -0.2) is 0 Å². The Hall–Kier alpha value is -7.85. The molecule has 0 amide bonds. The van der Waals surface area contributed by atoms with E-state index in [0.29, 0.717) is 0 Å². The molecule has 2 nitrogen and oxygen atoms in total. The molecule has 65 heavy (non-hydrogen) atoms. The van der Waals surface area contributed by atoms with Crippen molar-refractivity contribution in [1.29, 1.82) is 0 Å². The number of rotatable bonds is 4. The van der Waals surface area contributed by atoms with Crippen LogP contribution in [0.1, 0.15) is 0 Å². The molecule has 0 unspecified atom stereocenters. The maximum absolute atomic E-state index is 6.86. The predicted molar refractivity (Wildman–Crippen MR) is 278 cm³/mol. The first-order chi connectivity index (χ1) is 32.3. The van der Waals surface area contributed by atoms with Gasteiger partial charge in [0.25, 0.3) is 6.71 Å². The Morgan fingerprint density at radius 1 is 0.369 bits per heavy atom. The Bertz CT molecular complexity index is 3680. The zero-order valence-corrected chi connectivity index (χ0v) is 36.5. The maximum atomic E-state index is 6.86. The van der Waals surface area contributed by atoms with Crippen molar-refractivity contribution in [3.63, 3.8) is 0 Å². The highest BCUT2D eigenvalue weighted by Gasteiger charge is 2.56. The van der Waals surface area contributed by atoms with Crippen LogP contribution in [0.5, 0.6) is 11.5 Å². The molecule has 3 aliphatic rings. The first-order valence-electron chi connectivity index (χ1n) is 22.7. The fraction of sp³-hybridized carbons (Fsp3) is 0. The maximum Gasteiger partial charge on any atom is 0.250 e. The van der Waals surface area contributed by atoms with Crippen LogP contribution in [0.4, 0.5) is 0 Å². The van der Waals surface area contributed by atoms with Gasteiger partial charge in [0.2, 0.25) is 6.71 Å². The van der Waals surface area contributed by atoms with Crippen molar-refractivity contribution in [2.24, 2.45) is 0 Å². The van der Waals surface area contributed by atoms with Crippen molar-refractivity contribution in [3.8, 4) is 39.4 Å². The number of aromatic nitrogens is 1. The summed E-state index contributed by atoms with van der Waals surface area (Å²) in [6, 6.07) is 88.7. The second-order valence-corrected chi connectivity index (χ2v) is 21.5. The summed E-state index contributed by atoms with van der Waals surface area (Å²) in [5, 5.41) is 8.33. The fourth-order valence-corrected chi connectivity index (χ4v) is 18.0. The van der Waals surface area contributed by atoms with E-state index < -0.39 is 8.07 Å². The summed E-state index contributed by atoms with van der Waals surface area (Å²) in [7, 11) is -2.94. The van der Waals surface area contributed by atoms with E-state index in [0.717, 1.165) is 17.2 Å². The Kier molecular flexibility index (Phi) is 7.93. The van der Waals surface area contributed by atoms with Crippen molar-refractivity contribution in [1.82, 2.24) is 4.57 Å². The highest BCUT2D eigenvalue weighted by molar-refractivity contribution is 7.31. The van der Waals surface area contributed by atoms with Gasteiger partial charge in [-0.1, -0.05) is 222 Å². The SMILES string of the molecule is c1ccc(-c2cc(B3c4ccccc4[Si]4(c5ccccc53)c3ccccc3B3c5ccccc5Oc5cccc4c53)cc(-c3cccc4c5ccccc5n(-c5ccccc5)c34)c2)cc1. The van der Waals surface area contributed by atoms with Crippen LogP contribution in [0.3, 0.4) is 0 Å². The van der Waals surface area contributed by atoms with E-state index in [2.05, 4.69) is 241 Å². The Morgan fingerprint density at radius 2 is 0.908 bits per heavy atom. The van der Waals surface area contributed by atoms with Crippen LogP contribution < -0.4 is 58.3 Å². The Labute approximate surface area is 380 Å². The lowest BCUT2D eigenvalue weighted by molar-refractivity contribution is 0.488. The molecular weight excluding hydrogens is 800 g/mol. The first-order valence-corrected chi connectivity index (χ1v) is 24.7. The van der Waals surface area contributed by atoms with Gasteiger partial charge in [0.05, 0.1) is 11.0 Å². The summed E-state index contributed by atoms with van der Waals surface area (Å²) < 4.78 is 9.32. The Balaban J connectivity index is 1.06. The first kappa shape index (κ1) is 36.6. The minimum Gasteiger partial charge on any atom is -0.458 e. The molecule has 0 atom stereocenters. The highest BCUT2D eigenvalue weighted by atomic mass is 28.3. The third kappa shape index (κ3) is 5.13. The topological polar surface area (TPSA) is 14.2 Å². The summed E-state index contributed by atoms with van der Waals surface area (Å²) in [6.45, 7) is 0.0837. The minimum atomic E-state index is -2.94. The molecule has 0 saturated carbocycles. The van der Waals surface area contributed by atoms with E-state index in [4.69, 9.17) is 4.74 Å². The number of hydrogen-bond acceptors (Lipinski definition) is 1. The molecule has 0 saturated heterocycles. The van der Waals surface area contributed by atoms with Crippen LogP contribution in [0.15, 0.2) is 237 Å². The second kappa shape index (κ2) is 14.1. The lowest BCUT2D eigenvalue weighted by Gasteiger charge is -2.48. The van der Waals surface area contributed by atoms with E-state index in [1.807, 2.05) is 0 Å². The molecule has 0 bridgehead atoms. The molecule has 11 aromatic rings. The van der Waals surface area contributed by atoms with Gasteiger partial charge in [-0.2, -0.15) is 0 Å². The van der Waals surface area contributed by atoms with Gasteiger partial charge in [-0.15, -0.1) is 0 Å². The third-order valence-electron chi connectivity index (χ3n) is 14.7. The van der Waals surface area contributed by atoms with E-state index >= 15 is 0 Å². The molecule has 0 aliphatic carbocycles. The molecule has 14 rings (SSSR count). The molecule has 1 aromatic heterocycles. The van der Waals surface area contributed by atoms with Gasteiger partial charge in [-0.3, -0.25) is 0 Å². The van der Waals surface area contributed by atoms with Gasteiger partial charge in [0.1, 0.15) is 11.5 Å². The second-order valence-electron chi connectivity index (χ2n) is 17.8. The molecule has 0 radical (unpaired) electrons. The molecule has 10 aromatic carbocycles. The largest absolute Gasteiger partial charge is 0.458 e. The zero-order chi connectivity index (χ0) is 42.6. The molecule has 0 fully saturated rings. The van der Waals surface area contributed by atoms with Crippen LogP contribution >= 0.6 is 0 Å². The van der Waals surface area contributed by atoms with Crippen LogP contribution in [-0.2, 0) is 0 Å². The van der Waals surface area contributed by atoms with E-state index in [1.54, 1.807) is 0 Å². The summed E-state index contributed by atoms with van der Waals surface area (Å²) in [5.74, 6) is 1.93. The van der Waals surface area contributed by atoms with Crippen molar-refractivity contribution in [2.45, 2.75) is 0 Å². The molecule has 0 N–H and O–H groups in total. The number of nitrogens with zero attached hydrogens (tertiary/aromatic N) is 1. The average Bonchev–Trinajstić information content (AvgIpc) is 3.72. The molecule has 3 aliphatic heterocycles. The zero-order valence-electron chi connectivity index (χ0n) is 35.5. The van der Waals surface area contributed by atoms with Crippen LogP contribution in [0, 0.1) is 0 Å². The van der Waals surface area contributed by atoms with Crippen LogP contribution in [0.25, 0.3) is 49.7 Å². The van der Waals surface area contributed by atoms with Gasteiger partial charge in [0, 0.05) is 22.0 Å². The molecule has 5 heteroatoms. The van der Waals surface area contributed by atoms with Crippen molar-refractivity contribution in [2.75, 3.05) is 0 Å². The van der Waals surface area contributed by atoms with E-state index in [1.165, 1.54) is 97.6 Å². The van der Waals surface area contributed by atoms with Crippen molar-refractivity contribution < 1.29 is 4.74 Å².